The third kappa shape index (κ3) is 5.14. The summed E-state index contributed by atoms with van der Waals surface area (Å²) in [6.45, 7) is 2.28. The van der Waals surface area contributed by atoms with Gasteiger partial charge in [0.25, 0.3) is 6.43 Å². The second kappa shape index (κ2) is 7.24. The standard InChI is InChI=1S/C11H16F2N2O/c1-9(10-4-2-3-5-15-10)14-6-7-16-8-11(12)13/h2-5,9,11,14H,6-8H2,1H3. The Hall–Kier alpha value is -1.07. The zero-order valence-corrected chi connectivity index (χ0v) is 9.20. The van der Waals surface area contributed by atoms with E-state index in [9.17, 15) is 8.78 Å². The maximum Gasteiger partial charge on any atom is 0.261 e. The van der Waals surface area contributed by atoms with Crippen LogP contribution in [0.15, 0.2) is 24.4 Å². The molecule has 0 saturated heterocycles. The fourth-order valence-electron chi connectivity index (χ4n) is 1.26. The summed E-state index contributed by atoms with van der Waals surface area (Å²) in [7, 11) is 0. The van der Waals surface area contributed by atoms with Gasteiger partial charge in [0, 0.05) is 18.8 Å². The van der Waals surface area contributed by atoms with Gasteiger partial charge in [0.1, 0.15) is 6.61 Å². The van der Waals surface area contributed by atoms with E-state index >= 15 is 0 Å². The summed E-state index contributed by atoms with van der Waals surface area (Å²) in [5.74, 6) is 0. The topological polar surface area (TPSA) is 34.1 Å². The molecule has 90 valence electrons. The van der Waals surface area contributed by atoms with Gasteiger partial charge in [0.15, 0.2) is 0 Å². The molecule has 1 aromatic heterocycles. The molecule has 1 N–H and O–H groups in total. The molecule has 0 aliphatic heterocycles. The first-order valence-corrected chi connectivity index (χ1v) is 5.20. The molecule has 0 aliphatic rings. The van der Waals surface area contributed by atoms with Crippen LogP contribution >= 0.6 is 0 Å². The van der Waals surface area contributed by atoms with E-state index in [1.54, 1.807) is 6.20 Å². The van der Waals surface area contributed by atoms with Crippen LogP contribution in [-0.4, -0.2) is 31.2 Å². The molecule has 1 heterocycles. The number of hydrogen-bond donors (Lipinski definition) is 1. The van der Waals surface area contributed by atoms with Gasteiger partial charge in [-0.05, 0) is 19.1 Å². The Balaban J connectivity index is 2.14. The molecular formula is C11H16F2N2O. The molecule has 5 heteroatoms. The normalized spacial score (nSPS) is 13.0. The van der Waals surface area contributed by atoms with Gasteiger partial charge in [-0.15, -0.1) is 0 Å². The van der Waals surface area contributed by atoms with E-state index < -0.39 is 13.0 Å². The highest BCUT2D eigenvalue weighted by atomic mass is 19.3. The van der Waals surface area contributed by atoms with Gasteiger partial charge in [-0.25, -0.2) is 8.78 Å². The van der Waals surface area contributed by atoms with Crippen LogP contribution in [0.2, 0.25) is 0 Å². The molecule has 3 nitrogen and oxygen atoms in total. The molecule has 1 rings (SSSR count). The van der Waals surface area contributed by atoms with Crippen molar-refractivity contribution in [3.8, 4) is 0 Å². The smallest absolute Gasteiger partial charge is 0.261 e. The van der Waals surface area contributed by atoms with Gasteiger partial charge in [-0.2, -0.15) is 0 Å². The summed E-state index contributed by atoms with van der Waals surface area (Å²) in [5.41, 5.74) is 0.927. The lowest BCUT2D eigenvalue weighted by Crippen LogP contribution is -2.24. The van der Waals surface area contributed by atoms with Crippen molar-refractivity contribution in [3.05, 3.63) is 30.1 Å². The van der Waals surface area contributed by atoms with Crippen LogP contribution < -0.4 is 5.32 Å². The van der Waals surface area contributed by atoms with Gasteiger partial charge in [0.2, 0.25) is 0 Å². The first-order valence-electron chi connectivity index (χ1n) is 5.20. The Kier molecular flexibility index (Phi) is 5.88. The van der Waals surface area contributed by atoms with E-state index in [4.69, 9.17) is 4.74 Å². The average Bonchev–Trinajstić information content (AvgIpc) is 2.29. The van der Waals surface area contributed by atoms with Crippen molar-refractivity contribution < 1.29 is 13.5 Å². The highest BCUT2D eigenvalue weighted by Crippen LogP contribution is 2.06. The zero-order chi connectivity index (χ0) is 11.8. The number of halogens is 2. The van der Waals surface area contributed by atoms with Crippen LogP contribution in [0.25, 0.3) is 0 Å². The zero-order valence-electron chi connectivity index (χ0n) is 9.20. The Morgan fingerprint density at radius 1 is 1.44 bits per heavy atom. The summed E-state index contributed by atoms with van der Waals surface area (Å²) in [6.07, 6.45) is -0.672. The second-order valence-electron chi connectivity index (χ2n) is 3.40. The number of pyridine rings is 1. The summed E-state index contributed by atoms with van der Waals surface area (Å²) in [4.78, 5) is 4.18. The summed E-state index contributed by atoms with van der Waals surface area (Å²) < 4.78 is 28.2. The van der Waals surface area contributed by atoms with Gasteiger partial charge < -0.3 is 10.1 Å². The molecule has 0 fully saturated rings. The Morgan fingerprint density at radius 3 is 2.88 bits per heavy atom. The van der Waals surface area contributed by atoms with E-state index in [-0.39, 0.29) is 12.6 Å². The van der Waals surface area contributed by atoms with Crippen LogP contribution in [0.5, 0.6) is 0 Å². The van der Waals surface area contributed by atoms with E-state index in [0.29, 0.717) is 6.54 Å². The van der Waals surface area contributed by atoms with Gasteiger partial charge in [0.05, 0.1) is 12.3 Å². The fourth-order valence-corrected chi connectivity index (χ4v) is 1.26. The first kappa shape index (κ1) is 13.0. The number of nitrogens with zero attached hydrogens (tertiary/aromatic N) is 1. The van der Waals surface area contributed by atoms with E-state index in [1.807, 2.05) is 25.1 Å². The summed E-state index contributed by atoms with van der Waals surface area (Å²) in [5, 5.41) is 3.14. The molecule has 0 bridgehead atoms. The molecular weight excluding hydrogens is 214 g/mol. The van der Waals surface area contributed by atoms with Crippen molar-refractivity contribution >= 4 is 0 Å². The van der Waals surface area contributed by atoms with Crippen LogP contribution in [0.4, 0.5) is 8.78 Å². The van der Waals surface area contributed by atoms with Crippen molar-refractivity contribution in [1.82, 2.24) is 10.3 Å². The maximum absolute atomic E-state index is 11.7. The van der Waals surface area contributed by atoms with E-state index in [1.165, 1.54) is 0 Å². The maximum atomic E-state index is 11.7. The quantitative estimate of drug-likeness (QED) is 0.728. The number of nitrogens with one attached hydrogen (secondary N) is 1. The lowest BCUT2D eigenvalue weighted by Gasteiger charge is -2.13. The van der Waals surface area contributed by atoms with Crippen molar-refractivity contribution in [1.29, 1.82) is 0 Å². The molecule has 0 amide bonds. The van der Waals surface area contributed by atoms with Gasteiger partial charge in [-0.3, -0.25) is 4.98 Å². The number of hydrogen-bond acceptors (Lipinski definition) is 3. The molecule has 0 aromatic carbocycles. The average molecular weight is 230 g/mol. The highest BCUT2D eigenvalue weighted by Gasteiger charge is 2.05. The van der Waals surface area contributed by atoms with Crippen LogP contribution in [0.1, 0.15) is 18.7 Å². The van der Waals surface area contributed by atoms with E-state index in [2.05, 4.69) is 10.3 Å². The number of aromatic nitrogens is 1. The SMILES string of the molecule is CC(NCCOCC(F)F)c1ccccn1. The fraction of sp³-hybridized carbons (Fsp3) is 0.545. The van der Waals surface area contributed by atoms with Crippen molar-refractivity contribution in [2.75, 3.05) is 19.8 Å². The molecule has 0 saturated carbocycles. The molecule has 16 heavy (non-hydrogen) atoms. The molecule has 1 atom stereocenters. The molecule has 0 aliphatic carbocycles. The number of ether oxygens (including phenoxy) is 1. The molecule has 0 radical (unpaired) electrons. The molecule has 1 unspecified atom stereocenters. The molecule has 0 spiro atoms. The van der Waals surface area contributed by atoms with Crippen molar-refractivity contribution in [2.24, 2.45) is 0 Å². The minimum absolute atomic E-state index is 0.0938. The second-order valence-corrected chi connectivity index (χ2v) is 3.40. The van der Waals surface area contributed by atoms with Crippen molar-refractivity contribution in [3.63, 3.8) is 0 Å². The third-order valence-corrected chi connectivity index (χ3v) is 2.07. The summed E-state index contributed by atoms with van der Waals surface area (Å²) in [6, 6.07) is 5.77. The first-order chi connectivity index (χ1) is 7.70. The number of rotatable bonds is 7. The van der Waals surface area contributed by atoms with Crippen molar-refractivity contribution in [2.45, 2.75) is 19.4 Å². The van der Waals surface area contributed by atoms with E-state index in [0.717, 1.165) is 5.69 Å². The minimum Gasteiger partial charge on any atom is -0.374 e. The predicted molar refractivity (Wildman–Crippen MR) is 57.5 cm³/mol. The Morgan fingerprint density at radius 2 is 2.25 bits per heavy atom. The molecule has 1 aromatic rings. The monoisotopic (exact) mass is 230 g/mol. The van der Waals surface area contributed by atoms with Crippen LogP contribution in [0, 0.1) is 0 Å². The van der Waals surface area contributed by atoms with Crippen LogP contribution in [0.3, 0.4) is 0 Å². The number of alkyl halides is 2. The summed E-state index contributed by atoms with van der Waals surface area (Å²) >= 11 is 0. The highest BCUT2D eigenvalue weighted by molar-refractivity contribution is 5.07. The van der Waals surface area contributed by atoms with Gasteiger partial charge in [-0.1, -0.05) is 6.07 Å². The third-order valence-electron chi connectivity index (χ3n) is 2.07. The largest absolute Gasteiger partial charge is 0.374 e. The van der Waals surface area contributed by atoms with Gasteiger partial charge >= 0.3 is 0 Å². The minimum atomic E-state index is -2.40. The Bertz CT molecular complexity index is 283. The lowest BCUT2D eigenvalue weighted by molar-refractivity contribution is 0.0183. The lowest BCUT2D eigenvalue weighted by atomic mass is 10.2. The predicted octanol–water partition coefficient (Wildman–Crippen LogP) is 2.01. The van der Waals surface area contributed by atoms with Crippen LogP contribution in [-0.2, 0) is 4.74 Å². The Labute approximate surface area is 93.8 Å².